The number of amides is 2. The zero-order valence-corrected chi connectivity index (χ0v) is 18.0. The number of halogens is 1. The number of carbonyl (C=O) groups is 2. The number of fused-ring (bicyclic) bond motifs is 1. The number of aryl methyl sites for hydroxylation is 1. The van der Waals surface area contributed by atoms with E-state index in [1.807, 2.05) is 31.2 Å². The first-order valence-corrected chi connectivity index (χ1v) is 10.8. The number of rotatable bonds is 4. The summed E-state index contributed by atoms with van der Waals surface area (Å²) in [6, 6.07) is 9.45. The lowest BCUT2D eigenvalue weighted by molar-refractivity contribution is -0.124. The van der Waals surface area contributed by atoms with Crippen molar-refractivity contribution >= 4 is 39.2 Å². The second kappa shape index (κ2) is 8.53. The number of carbonyl (C=O) groups excluding carboxylic acids is 2. The Morgan fingerprint density at radius 3 is 2.76 bits per heavy atom. The van der Waals surface area contributed by atoms with Gasteiger partial charge in [0.15, 0.2) is 6.61 Å². The number of hydrogen-bond donors (Lipinski definition) is 0. The molecule has 0 N–H and O–H groups in total. The molecule has 0 unspecified atom stereocenters. The van der Waals surface area contributed by atoms with E-state index in [0.717, 1.165) is 35.7 Å². The maximum atomic E-state index is 13.5. The van der Waals surface area contributed by atoms with Crippen molar-refractivity contribution in [1.82, 2.24) is 4.98 Å². The van der Waals surface area contributed by atoms with Crippen molar-refractivity contribution in [3.05, 3.63) is 46.6 Å². The summed E-state index contributed by atoms with van der Waals surface area (Å²) < 4.78 is 6.41. The van der Waals surface area contributed by atoms with Crippen LogP contribution in [0.4, 0.5) is 11.5 Å². The van der Waals surface area contributed by atoms with Crippen LogP contribution in [0, 0.1) is 6.92 Å². The largest absolute Gasteiger partial charge is 0.482 e. The molecule has 1 aromatic heterocycles. The first-order chi connectivity index (χ1) is 14.0. The van der Waals surface area contributed by atoms with Gasteiger partial charge in [0.05, 0.1) is 5.69 Å². The summed E-state index contributed by atoms with van der Waals surface area (Å²) >= 11 is 3.42. The molecule has 29 heavy (non-hydrogen) atoms. The lowest BCUT2D eigenvalue weighted by Crippen LogP contribution is -2.50. The van der Waals surface area contributed by atoms with Gasteiger partial charge in [-0.05, 0) is 49.6 Å². The molecule has 4 rings (SSSR count). The van der Waals surface area contributed by atoms with Crippen molar-refractivity contribution in [3.8, 4) is 5.75 Å². The standard InChI is InChI=1S/C22H24BrN3O3/c1-15-7-10-20(24-12-15)26(17-5-3-2-4-6-17)21(27)13-25-18-9-8-16(23)11-19(18)29-14-22(25)28/h7-12,17H,2-6,13-14H2,1H3. The normalized spacial score (nSPS) is 16.9. The Balaban J connectivity index is 1.63. The van der Waals surface area contributed by atoms with Crippen LogP contribution in [-0.2, 0) is 9.59 Å². The zero-order valence-electron chi connectivity index (χ0n) is 16.4. The Labute approximate surface area is 179 Å². The Morgan fingerprint density at radius 1 is 1.24 bits per heavy atom. The molecule has 2 aromatic rings. The molecule has 1 fully saturated rings. The molecule has 0 atom stereocenters. The molecule has 0 radical (unpaired) electrons. The van der Waals surface area contributed by atoms with Crippen LogP contribution in [0.2, 0.25) is 0 Å². The van der Waals surface area contributed by atoms with Crippen LogP contribution in [0.1, 0.15) is 37.7 Å². The van der Waals surface area contributed by atoms with Crippen molar-refractivity contribution in [2.75, 3.05) is 23.0 Å². The molecule has 2 heterocycles. The van der Waals surface area contributed by atoms with E-state index in [2.05, 4.69) is 20.9 Å². The van der Waals surface area contributed by atoms with Crippen molar-refractivity contribution in [1.29, 1.82) is 0 Å². The zero-order chi connectivity index (χ0) is 20.4. The van der Waals surface area contributed by atoms with Gasteiger partial charge in [0.25, 0.3) is 5.91 Å². The van der Waals surface area contributed by atoms with Crippen LogP contribution in [-0.4, -0.2) is 36.0 Å². The van der Waals surface area contributed by atoms with Crippen molar-refractivity contribution in [2.24, 2.45) is 0 Å². The topological polar surface area (TPSA) is 62.7 Å². The van der Waals surface area contributed by atoms with Crippen LogP contribution < -0.4 is 14.5 Å². The third-order valence-electron chi connectivity index (χ3n) is 5.51. The number of benzene rings is 1. The lowest BCUT2D eigenvalue weighted by atomic mass is 9.94. The molecule has 7 heteroatoms. The highest BCUT2D eigenvalue weighted by Crippen LogP contribution is 2.35. The fourth-order valence-corrected chi connectivity index (χ4v) is 4.36. The number of nitrogens with zero attached hydrogens (tertiary/aromatic N) is 3. The number of anilines is 2. The van der Waals surface area contributed by atoms with Crippen LogP contribution in [0.25, 0.3) is 0 Å². The molecular formula is C22H24BrN3O3. The van der Waals surface area contributed by atoms with Gasteiger partial charge in [-0.25, -0.2) is 4.98 Å². The van der Waals surface area contributed by atoms with Gasteiger partial charge in [0, 0.05) is 16.7 Å². The van der Waals surface area contributed by atoms with E-state index in [1.54, 1.807) is 17.2 Å². The summed E-state index contributed by atoms with van der Waals surface area (Å²) in [6.45, 7) is 1.89. The number of ether oxygens (including phenoxy) is 1. The summed E-state index contributed by atoms with van der Waals surface area (Å²) in [5, 5.41) is 0. The van der Waals surface area contributed by atoms with Gasteiger partial charge >= 0.3 is 0 Å². The Kier molecular flexibility index (Phi) is 5.85. The predicted molar refractivity (Wildman–Crippen MR) is 115 cm³/mol. The molecule has 152 valence electrons. The molecule has 2 aliphatic rings. The molecule has 1 aromatic carbocycles. The fraction of sp³-hybridized carbons (Fsp3) is 0.409. The van der Waals surface area contributed by atoms with Gasteiger partial charge in [0.1, 0.15) is 18.1 Å². The van der Waals surface area contributed by atoms with Crippen LogP contribution in [0.5, 0.6) is 5.75 Å². The minimum absolute atomic E-state index is 0.0249. The lowest BCUT2D eigenvalue weighted by Gasteiger charge is -2.36. The maximum absolute atomic E-state index is 13.5. The first kappa shape index (κ1) is 19.9. The van der Waals surface area contributed by atoms with E-state index >= 15 is 0 Å². The van der Waals surface area contributed by atoms with Crippen LogP contribution in [0.3, 0.4) is 0 Å². The minimum Gasteiger partial charge on any atom is -0.482 e. The highest BCUT2D eigenvalue weighted by atomic mass is 79.9. The monoisotopic (exact) mass is 457 g/mol. The van der Waals surface area contributed by atoms with E-state index < -0.39 is 0 Å². The summed E-state index contributed by atoms with van der Waals surface area (Å²) in [5.74, 6) is 0.930. The van der Waals surface area contributed by atoms with E-state index in [-0.39, 0.29) is 31.0 Å². The molecule has 0 bridgehead atoms. The van der Waals surface area contributed by atoms with Crippen molar-refractivity contribution in [3.63, 3.8) is 0 Å². The van der Waals surface area contributed by atoms with Gasteiger partial charge in [0.2, 0.25) is 5.91 Å². The molecule has 0 spiro atoms. The second-order valence-corrected chi connectivity index (χ2v) is 8.55. The summed E-state index contributed by atoms with van der Waals surface area (Å²) in [4.78, 5) is 33.9. The van der Waals surface area contributed by atoms with Crippen LogP contribution in [0.15, 0.2) is 41.0 Å². The molecule has 1 saturated carbocycles. The number of pyridine rings is 1. The predicted octanol–water partition coefficient (Wildman–Crippen LogP) is 4.24. The van der Waals surface area contributed by atoms with Gasteiger partial charge in [-0.1, -0.05) is 41.3 Å². The molecular weight excluding hydrogens is 434 g/mol. The summed E-state index contributed by atoms with van der Waals surface area (Å²) in [6.07, 6.45) is 7.11. The Hall–Kier alpha value is -2.41. The average Bonchev–Trinajstić information content (AvgIpc) is 2.72. The highest BCUT2D eigenvalue weighted by Gasteiger charge is 2.33. The molecule has 1 aliphatic heterocycles. The smallest absolute Gasteiger partial charge is 0.265 e. The fourth-order valence-electron chi connectivity index (χ4n) is 4.02. The molecule has 1 aliphatic carbocycles. The quantitative estimate of drug-likeness (QED) is 0.688. The number of aromatic nitrogens is 1. The summed E-state index contributed by atoms with van der Waals surface area (Å²) in [7, 11) is 0. The molecule has 6 nitrogen and oxygen atoms in total. The number of hydrogen-bond acceptors (Lipinski definition) is 4. The second-order valence-electron chi connectivity index (χ2n) is 7.63. The minimum atomic E-state index is -0.214. The van der Waals surface area contributed by atoms with Gasteiger partial charge in [-0.15, -0.1) is 0 Å². The third kappa shape index (κ3) is 4.29. The van der Waals surface area contributed by atoms with Gasteiger partial charge in [-0.3, -0.25) is 19.4 Å². The third-order valence-corrected chi connectivity index (χ3v) is 6.00. The Morgan fingerprint density at radius 2 is 2.03 bits per heavy atom. The maximum Gasteiger partial charge on any atom is 0.265 e. The van der Waals surface area contributed by atoms with E-state index in [9.17, 15) is 9.59 Å². The van der Waals surface area contributed by atoms with E-state index in [0.29, 0.717) is 17.3 Å². The van der Waals surface area contributed by atoms with Crippen molar-refractivity contribution < 1.29 is 14.3 Å². The average molecular weight is 458 g/mol. The van der Waals surface area contributed by atoms with Gasteiger partial charge < -0.3 is 4.74 Å². The van der Waals surface area contributed by atoms with E-state index in [1.165, 1.54) is 11.3 Å². The highest BCUT2D eigenvalue weighted by molar-refractivity contribution is 9.10. The van der Waals surface area contributed by atoms with Gasteiger partial charge in [-0.2, -0.15) is 0 Å². The molecule has 0 saturated heterocycles. The SMILES string of the molecule is Cc1ccc(N(C(=O)CN2C(=O)COc3cc(Br)ccc32)C2CCCCC2)nc1. The first-order valence-electron chi connectivity index (χ1n) is 10.0. The molecule has 2 amide bonds. The Bertz CT molecular complexity index is 910. The van der Waals surface area contributed by atoms with Crippen LogP contribution >= 0.6 is 15.9 Å². The summed E-state index contributed by atoms with van der Waals surface area (Å²) in [5.41, 5.74) is 1.67. The van der Waals surface area contributed by atoms with E-state index in [4.69, 9.17) is 4.74 Å². The van der Waals surface area contributed by atoms with Crippen molar-refractivity contribution in [2.45, 2.75) is 45.1 Å².